The summed E-state index contributed by atoms with van der Waals surface area (Å²) in [5.41, 5.74) is 0.826. The van der Waals surface area contributed by atoms with Gasteiger partial charge in [-0.2, -0.15) is 8.42 Å². The lowest BCUT2D eigenvalue weighted by molar-refractivity contribution is 0.331. The second kappa shape index (κ2) is 5.27. The first-order valence-corrected chi connectivity index (χ1v) is 7.12. The molecule has 0 radical (unpaired) electrons. The van der Waals surface area contributed by atoms with Gasteiger partial charge in [0.15, 0.2) is 0 Å². The topological polar surface area (TPSA) is 86.1 Å². The summed E-state index contributed by atoms with van der Waals surface area (Å²) < 4.78 is 31.1. The van der Waals surface area contributed by atoms with E-state index < -0.39 is 10.0 Å². The first kappa shape index (κ1) is 13.3. The van der Waals surface area contributed by atoms with Crippen molar-refractivity contribution < 1.29 is 13.2 Å². The minimum absolute atomic E-state index is 0.0862. The van der Waals surface area contributed by atoms with Crippen LogP contribution in [-0.2, 0) is 10.0 Å². The highest BCUT2D eigenvalue weighted by Crippen LogP contribution is 2.25. The Kier molecular flexibility index (Phi) is 3.70. The van der Waals surface area contributed by atoms with Crippen LogP contribution in [0.5, 0.6) is 5.75 Å². The Bertz CT molecular complexity index is 653. The molecule has 0 unspecified atom stereocenters. The summed E-state index contributed by atoms with van der Waals surface area (Å²) in [4.78, 5) is 2.41. The molecule has 102 valence electrons. The average Bonchev–Trinajstić information content (AvgIpc) is 2.83. The molecule has 0 bridgehead atoms. The SMILES string of the molecule is CCOc1ccc(C)cc1S(=O)(=O)Nn1cnnc1. The second-order valence-corrected chi connectivity index (χ2v) is 5.48. The van der Waals surface area contributed by atoms with Crippen molar-refractivity contribution >= 4 is 10.0 Å². The molecular weight excluding hydrogens is 268 g/mol. The second-order valence-electron chi connectivity index (χ2n) is 3.85. The molecule has 0 amide bonds. The van der Waals surface area contributed by atoms with Gasteiger partial charge in [-0.05, 0) is 31.5 Å². The number of hydrogen-bond acceptors (Lipinski definition) is 5. The van der Waals surface area contributed by atoms with Gasteiger partial charge >= 0.3 is 0 Å². The number of sulfonamides is 1. The number of aromatic nitrogens is 3. The van der Waals surface area contributed by atoms with E-state index in [2.05, 4.69) is 15.0 Å². The highest BCUT2D eigenvalue weighted by atomic mass is 32.2. The van der Waals surface area contributed by atoms with Gasteiger partial charge in [0, 0.05) is 0 Å². The maximum Gasteiger partial charge on any atom is 0.279 e. The zero-order valence-electron chi connectivity index (χ0n) is 10.6. The van der Waals surface area contributed by atoms with Gasteiger partial charge in [0.25, 0.3) is 10.0 Å². The maximum atomic E-state index is 12.3. The average molecular weight is 282 g/mol. The summed E-state index contributed by atoms with van der Waals surface area (Å²) in [7, 11) is -3.75. The third-order valence-electron chi connectivity index (χ3n) is 2.33. The molecule has 1 aromatic heterocycles. The molecule has 8 heteroatoms. The van der Waals surface area contributed by atoms with Gasteiger partial charge < -0.3 is 4.74 Å². The minimum Gasteiger partial charge on any atom is -0.492 e. The van der Waals surface area contributed by atoms with Crippen LogP contribution in [0.1, 0.15) is 12.5 Å². The number of rotatable bonds is 5. The van der Waals surface area contributed by atoms with Gasteiger partial charge in [-0.1, -0.05) is 6.07 Å². The molecule has 0 spiro atoms. The molecule has 0 atom stereocenters. The van der Waals surface area contributed by atoms with Crippen molar-refractivity contribution in [3.63, 3.8) is 0 Å². The maximum absolute atomic E-state index is 12.3. The van der Waals surface area contributed by atoms with Crippen molar-refractivity contribution in [1.82, 2.24) is 14.9 Å². The van der Waals surface area contributed by atoms with E-state index in [1.54, 1.807) is 25.1 Å². The lowest BCUT2D eigenvalue weighted by Gasteiger charge is -2.13. The Morgan fingerprint density at radius 2 is 2.00 bits per heavy atom. The number of hydrogen-bond donors (Lipinski definition) is 1. The molecule has 0 aliphatic rings. The number of aryl methyl sites for hydroxylation is 1. The van der Waals surface area contributed by atoms with Crippen molar-refractivity contribution in [2.75, 3.05) is 11.4 Å². The van der Waals surface area contributed by atoms with Crippen LogP contribution in [0.3, 0.4) is 0 Å². The van der Waals surface area contributed by atoms with E-state index in [-0.39, 0.29) is 4.90 Å². The molecule has 7 nitrogen and oxygen atoms in total. The third-order valence-corrected chi connectivity index (χ3v) is 3.68. The van der Waals surface area contributed by atoms with Crippen LogP contribution in [0.25, 0.3) is 0 Å². The molecule has 1 heterocycles. The monoisotopic (exact) mass is 282 g/mol. The third kappa shape index (κ3) is 3.02. The number of benzene rings is 1. The Morgan fingerprint density at radius 1 is 1.32 bits per heavy atom. The molecule has 0 aliphatic heterocycles. The smallest absolute Gasteiger partial charge is 0.279 e. The van der Waals surface area contributed by atoms with Gasteiger partial charge in [-0.15, -0.1) is 10.2 Å². The zero-order chi connectivity index (χ0) is 13.9. The van der Waals surface area contributed by atoms with Crippen molar-refractivity contribution in [2.45, 2.75) is 18.7 Å². The molecule has 1 aromatic carbocycles. The highest BCUT2D eigenvalue weighted by molar-refractivity contribution is 7.92. The molecule has 2 aromatic rings. The molecule has 0 aliphatic carbocycles. The molecule has 2 rings (SSSR count). The van der Waals surface area contributed by atoms with Crippen LogP contribution in [0.2, 0.25) is 0 Å². The predicted molar refractivity (Wildman–Crippen MR) is 68.9 cm³/mol. The van der Waals surface area contributed by atoms with Crippen LogP contribution in [0.4, 0.5) is 0 Å². The number of nitrogens with zero attached hydrogens (tertiary/aromatic N) is 3. The van der Waals surface area contributed by atoms with E-state index in [0.29, 0.717) is 12.4 Å². The largest absolute Gasteiger partial charge is 0.492 e. The van der Waals surface area contributed by atoms with E-state index >= 15 is 0 Å². The Balaban J connectivity index is 2.41. The van der Waals surface area contributed by atoms with Crippen LogP contribution in [0, 0.1) is 6.92 Å². The fourth-order valence-electron chi connectivity index (χ4n) is 1.54. The van der Waals surface area contributed by atoms with Gasteiger partial charge in [-0.25, -0.2) is 9.51 Å². The lowest BCUT2D eigenvalue weighted by atomic mass is 10.2. The Morgan fingerprint density at radius 3 is 2.63 bits per heavy atom. The van der Waals surface area contributed by atoms with Crippen molar-refractivity contribution in [1.29, 1.82) is 0 Å². The number of nitrogens with one attached hydrogen (secondary N) is 1. The minimum atomic E-state index is -3.75. The van der Waals surface area contributed by atoms with E-state index in [1.807, 2.05) is 6.92 Å². The highest BCUT2D eigenvalue weighted by Gasteiger charge is 2.20. The summed E-state index contributed by atoms with van der Waals surface area (Å²) in [6.07, 6.45) is 2.52. The molecule has 0 saturated heterocycles. The standard InChI is InChI=1S/C11H14N4O3S/c1-3-18-10-5-4-9(2)6-11(10)19(16,17)14-15-7-12-13-8-15/h4-8,14H,3H2,1-2H3. The quantitative estimate of drug-likeness (QED) is 0.881. The summed E-state index contributed by atoms with van der Waals surface area (Å²) in [5.74, 6) is 0.314. The first-order chi connectivity index (χ1) is 9.03. The van der Waals surface area contributed by atoms with Crippen LogP contribution >= 0.6 is 0 Å². The van der Waals surface area contributed by atoms with E-state index in [1.165, 1.54) is 12.7 Å². The van der Waals surface area contributed by atoms with Crippen molar-refractivity contribution in [2.24, 2.45) is 0 Å². The van der Waals surface area contributed by atoms with Gasteiger partial charge in [0.1, 0.15) is 23.3 Å². The fourth-order valence-corrected chi connectivity index (χ4v) is 2.74. The summed E-state index contributed by atoms with van der Waals surface area (Å²) >= 11 is 0. The number of ether oxygens (including phenoxy) is 1. The van der Waals surface area contributed by atoms with E-state index in [0.717, 1.165) is 10.2 Å². The summed E-state index contributed by atoms with van der Waals surface area (Å²) in [6.45, 7) is 4.00. The predicted octanol–water partition coefficient (Wildman–Crippen LogP) is 0.918. The fraction of sp³-hybridized carbons (Fsp3) is 0.273. The van der Waals surface area contributed by atoms with E-state index in [9.17, 15) is 8.42 Å². The Labute approximate surface area is 111 Å². The zero-order valence-corrected chi connectivity index (χ0v) is 11.4. The summed E-state index contributed by atoms with van der Waals surface area (Å²) in [5, 5.41) is 7.06. The normalized spacial score (nSPS) is 11.3. The molecule has 1 N–H and O–H groups in total. The van der Waals surface area contributed by atoms with Crippen LogP contribution in [0.15, 0.2) is 35.7 Å². The molecule has 19 heavy (non-hydrogen) atoms. The molecule has 0 saturated carbocycles. The van der Waals surface area contributed by atoms with Crippen molar-refractivity contribution in [3.05, 3.63) is 36.4 Å². The first-order valence-electron chi connectivity index (χ1n) is 5.64. The van der Waals surface area contributed by atoms with Crippen molar-refractivity contribution in [3.8, 4) is 5.75 Å². The van der Waals surface area contributed by atoms with Gasteiger partial charge in [0.2, 0.25) is 0 Å². The Hall–Kier alpha value is -2.09. The van der Waals surface area contributed by atoms with Crippen LogP contribution in [-0.4, -0.2) is 29.9 Å². The van der Waals surface area contributed by atoms with E-state index in [4.69, 9.17) is 4.74 Å². The summed E-state index contributed by atoms with van der Waals surface area (Å²) in [6, 6.07) is 4.99. The molecule has 0 fully saturated rings. The molecular formula is C11H14N4O3S. The lowest BCUT2D eigenvalue weighted by Crippen LogP contribution is -2.22. The van der Waals surface area contributed by atoms with Gasteiger partial charge in [-0.3, -0.25) is 0 Å². The van der Waals surface area contributed by atoms with Gasteiger partial charge in [0.05, 0.1) is 6.61 Å². The van der Waals surface area contributed by atoms with Crippen LogP contribution < -0.4 is 9.57 Å².